The second kappa shape index (κ2) is 14.8. The van der Waals surface area contributed by atoms with E-state index in [1.165, 1.54) is 0 Å². The zero-order valence-electron chi connectivity index (χ0n) is 7.35. The summed E-state index contributed by atoms with van der Waals surface area (Å²) in [5, 5.41) is 0. The van der Waals surface area contributed by atoms with Gasteiger partial charge in [0.25, 0.3) is 0 Å². The molecule has 0 saturated heterocycles. The Morgan fingerprint density at radius 1 is 0.444 bits per heavy atom. The summed E-state index contributed by atoms with van der Waals surface area (Å²) in [4.78, 5) is 0. The predicted octanol–water partition coefficient (Wildman–Crippen LogP) is -4.02. The average Bonchev–Trinajstić information content (AvgIpc) is 1.41. The topological polar surface area (TPSA) is 241 Å². The molecule has 108 valence electrons. The second-order valence-corrected chi connectivity index (χ2v) is 3.67. The van der Waals surface area contributed by atoms with Crippen LogP contribution in [-0.2, 0) is 87.0 Å². The molecule has 0 bridgehead atoms. The molecular formula is Cr2MoO12S3. The van der Waals surface area contributed by atoms with E-state index in [9.17, 15) is 0 Å². The number of hydrogen-bond donors (Lipinski definition) is 0. The van der Waals surface area contributed by atoms with Crippen molar-refractivity contribution in [3.63, 3.8) is 0 Å². The Bertz CT molecular complexity index is 346. The Morgan fingerprint density at radius 3 is 0.444 bits per heavy atom. The van der Waals surface area contributed by atoms with Gasteiger partial charge in [0.15, 0.2) is 0 Å². The molecule has 0 spiro atoms. The average molecular weight is 488 g/mol. The molecule has 18 heteroatoms. The van der Waals surface area contributed by atoms with Crippen LogP contribution >= 0.6 is 0 Å². The van der Waals surface area contributed by atoms with Gasteiger partial charge >= 0.3 is 34.7 Å². The Hall–Kier alpha value is 1.36. The van der Waals surface area contributed by atoms with Crippen LogP contribution in [0.3, 0.4) is 0 Å². The third-order valence-electron chi connectivity index (χ3n) is 0. The van der Waals surface area contributed by atoms with Gasteiger partial charge in [0.1, 0.15) is 0 Å². The summed E-state index contributed by atoms with van der Waals surface area (Å²) >= 11 is 0. The molecule has 0 fully saturated rings. The van der Waals surface area contributed by atoms with E-state index in [1.54, 1.807) is 0 Å². The third-order valence-corrected chi connectivity index (χ3v) is 0. The van der Waals surface area contributed by atoms with E-state index in [2.05, 4.69) is 0 Å². The third kappa shape index (κ3) is 2500. The molecule has 2 radical (unpaired) electrons. The van der Waals surface area contributed by atoms with Crippen LogP contribution < -0.4 is 0 Å². The van der Waals surface area contributed by atoms with Gasteiger partial charge in [-0.2, -0.15) is 0 Å². The maximum atomic E-state index is 8.52. The van der Waals surface area contributed by atoms with Gasteiger partial charge in [0.05, 0.1) is 0 Å². The molecule has 0 amide bonds. The fourth-order valence-electron chi connectivity index (χ4n) is 0. The van der Waals surface area contributed by atoms with Crippen molar-refractivity contribution >= 4 is 31.2 Å². The molecule has 18 heavy (non-hydrogen) atoms. The summed E-state index contributed by atoms with van der Waals surface area (Å²) in [7, 11) is -15.5. The van der Waals surface area contributed by atoms with Gasteiger partial charge in [-0.3, -0.25) is 25.3 Å². The van der Waals surface area contributed by atoms with Gasteiger partial charge < -0.3 is 27.3 Å². The molecule has 0 unspecified atom stereocenters. The van der Waals surface area contributed by atoms with Crippen LogP contribution in [0.25, 0.3) is 0 Å². The van der Waals surface area contributed by atoms with Crippen LogP contribution in [0.2, 0.25) is 0 Å². The summed E-state index contributed by atoms with van der Waals surface area (Å²) in [6.07, 6.45) is 0. The van der Waals surface area contributed by atoms with Gasteiger partial charge in [-0.15, -0.1) is 0 Å². The van der Waals surface area contributed by atoms with Gasteiger partial charge in [-0.05, 0) is 0 Å². The van der Waals surface area contributed by atoms with Crippen molar-refractivity contribution in [3.8, 4) is 0 Å². The first-order valence-electron chi connectivity index (χ1n) is 2.00. The molecule has 0 heterocycles. The zero-order chi connectivity index (χ0) is 13.5. The van der Waals surface area contributed by atoms with Crippen molar-refractivity contribution < 1.29 is 108 Å². The minimum atomic E-state index is -5.17. The molecule has 0 aliphatic carbocycles. The molecule has 0 N–H and O–H groups in total. The monoisotopic (exact) mass is 490 g/mol. The van der Waals surface area contributed by atoms with Gasteiger partial charge in [0.2, 0.25) is 0 Å². The van der Waals surface area contributed by atoms with Crippen molar-refractivity contribution in [2.75, 3.05) is 0 Å². The Morgan fingerprint density at radius 2 is 0.444 bits per heavy atom. The zero-order valence-corrected chi connectivity index (χ0v) is 14.4. The van der Waals surface area contributed by atoms with Crippen molar-refractivity contribution in [3.05, 3.63) is 0 Å². The smallest absolute Gasteiger partial charge is 0.759 e. The van der Waals surface area contributed by atoms with E-state index in [0.29, 0.717) is 0 Å². The molecule has 0 rings (SSSR count). The summed E-state index contributed by atoms with van der Waals surface area (Å²) in [6, 6.07) is 0. The molecule has 0 aliphatic rings. The molecule has 12 nitrogen and oxygen atoms in total. The SMILES string of the molecule is O=S(=O)([O-])[O-].O=S(=O)([O-])[O-].O=S(=O)([O-])[O-].[Cr+3].[Cr+3].[Mo]. The number of rotatable bonds is 0. The van der Waals surface area contributed by atoms with E-state index in [1.807, 2.05) is 0 Å². The van der Waals surface area contributed by atoms with Crippen LogP contribution in [0, 0.1) is 0 Å². The van der Waals surface area contributed by atoms with Gasteiger partial charge in [-0.1, -0.05) is 0 Å². The van der Waals surface area contributed by atoms with E-state index < -0.39 is 31.2 Å². The van der Waals surface area contributed by atoms with Gasteiger partial charge in [0, 0.05) is 52.3 Å². The molecular weight excluding hydrogens is 488 g/mol. The Labute approximate surface area is 138 Å². The quantitative estimate of drug-likeness (QED) is 0.180. The minimum absolute atomic E-state index is 0. The predicted molar refractivity (Wildman–Crippen MR) is 31.4 cm³/mol. The first-order chi connectivity index (χ1) is 6.00. The fourth-order valence-corrected chi connectivity index (χ4v) is 0. The van der Waals surface area contributed by atoms with Crippen LogP contribution in [-0.4, -0.2) is 52.6 Å². The van der Waals surface area contributed by atoms with E-state index in [4.69, 9.17) is 52.6 Å². The van der Waals surface area contributed by atoms with Crippen LogP contribution in [0.15, 0.2) is 0 Å². The normalized spacial score (nSPS) is 9.67. The van der Waals surface area contributed by atoms with E-state index >= 15 is 0 Å². The van der Waals surface area contributed by atoms with E-state index in [-0.39, 0.29) is 55.8 Å². The molecule has 0 aromatic heterocycles. The molecule has 0 aliphatic heterocycles. The maximum absolute atomic E-state index is 8.52. The second-order valence-electron chi connectivity index (χ2n) is 1.22. The van der Waals surface area contributed by atoms with Crippen LogP contribution in [0.1, 0.15) is 0 Å². The fraction of sp³-hybridized carbons (Fsp3) is 0. The number of hydrogen-bond acceptors (Lipinski definition) is 12. The summed E-state index contributed by atoms with van der Waals surface area (Å²) < 4.78 is 102. The van der Waals surface area contributed by atoms with E-state index in [0.717, 1.165) is 0 Å². The molecule has 0 aromatic rings. The van der Waals surface area contributed by atoms with Crippen molar-refractivity contribution in [1.82, 2.24) is 0 Å². The minimum Gasteiger partial charge on any atom is -0.759 e. The van der Waals surface area contributed by atoms with Gasteiger partial charge in [-0.25, -0.2) is 0 Å². The maximum Gasteiger partial charge on any atom is 3.00 e. The first kappa shape index (κ1) is 36.6. The van der Waals surface area contributed by atoms with Crippen molar-refractivity contribution in [1.29, 1.82) is 0 Å². The molecule has 0 atom stereocenters. The van der Waals surface area contributed by atoms with Crippen molar-refractivity contribution in [2.24, 2.45) is 0 Å². The summed E-state index contributed by atoms with van der Waals surface area (Å²) in [6.45, 7) is 0. The largest absolute Gasteiger partial charge is 3.00 e. The van der Waals surface area contributed by atoms with Crippen LogP contribution in [0.4, 0.5) is 0 Å². The molecule has 0 aromatic carbocycles. The Balaban J connectivity index is -0.0000000277. The first-order valence-corrected chi connectivity index (χ1v) is 6.00. The standard InChI is InChI=1S/2Cr.Mo.3H2O4S/c;;;3*1-5(2,3)4/h;;;3*(H2,1,2,3,4)/q2*+3;;;;/p-6. The summed E-state index contributed by atoms with van der Waals surface area (Å²) in [5.74, 6) is 0. The Kier molecular flexibility index (Phi) is 30.0. The molecule has 0 saturated carbocycles. The van der Waals surface area contributed by atoms with Crippen molar-refractivity contribution in [2.45, 2.75) is 0 Å². The summed E-state index contributed by atoms with van der Waals surface area (Å²) in [5.41, 5.74) is 0. The van der Waals surface area contributed by atoms with Crippen LogP contribution in [0.5, 0.6) is 0 Å².